The molecular weight excluding hydrogens is 190 g/mol. The smallest absolute Gasteiger partial charge is 0.0610 e. The summed E-state index contributed by atoms with van der Waals surface area (Å²) in [6, 6.07) is 0. The molecular formula is C12H27NO2. The zero-order valence-corrected chi connectivity index (χ0v) is 10.7. The van der Waals surface area contributed by atoms with Crippen LogP contribution < -0.4 is 5.32 Å². The number of hydrogen-bond donors (Lipinski definition) is 2. The quantitative estimate of drug-likeness (QED) is 0.579. The molecule has 3 nitrogen and oxygen atoms in total. The Balaban J connectivity index is 3.37. The summed E-state index contributed by atoms with van der Waals surface area (Å²) >= 11 is 0. The first-order chi connectivity index (χ1) is 7.04. The Morgan fingerprint density at radius 1 is 1.33 bits per heavy atom. The van der Waals surface area contributed by atoms with Crippen molar-refractivity contribution in [2.45, 2.75) is 46.1 Å². The molecule has 0 saturated heterocycles. The minimum atomic E-state index is -0.151. The molecule has 0 aliphatic carbocycles. The maximum absolute atomic E-state index is 9.16. The molecule has 0 aromatic heterocycles. The van der Waals surface area contributed by atoms with E-state index in [4.69, 9.17) is 9.84 Å². The van der Waals surface area contributed by atoms with Crippen LogP contribution in [0.4, 0.5) is 0 Å². The Hall–Kier alpha value is -0.120. The van der Waals surface area contributed by atoms with Crippen LogP contribution in [0, 0.1) is 5.92 Å². The molecule has 2 N–H and O–H groups in total. The first-order valence-electron chi connectivity index (χ1n) is 5.97. The Bertz CT molecular complexity index is 145. The maximum Gasteiger partial charge on any atom is 0.0610 e. The summed E-state index contributed by atoms with van der Waals surface area (Å²) in [4.78, 5) is 0. The molecule has 0 heterocycles. The molecule has 1 unspecified atom stereocenters. The summed E-state index contributed by atoms with van der Waals surface area (Å²) in [5.74, 6) is 0.705. The van der Waals surface area contributed by atoms with Gasteiger partial charge in [0.25, 0.3) is 0 Å². The van der Waals surface area contributed by atoms with Crippen LogP contribution in [0.2, 0.25) is 0 Å². The van der Waals surface area contributed by atoms with Crippen molar-refractivity contribution in [1.29, 1.82) is 0 Å². The third-order valence-electron chi connectivity index (χ3n) is 2.77. The minimum Gasteiger partial charge on any atom is -0.394 e. The highest BCUT2D eigenvalue weighted by molar-refractivity contribution is 4.79. The summed E-state index contributed by atoms with van der Waals surface area (Å²) in [6.45, 7) is 11.0. The number of ether oxygens (including phenoxy) is 1. The van der Waals surface area contributed by atoms with Crippen LogP contribution in [-0.2, 0) is 4.74 Å². The maximum atomic E-state index is 9.16. The van der Waals surface area contributed by atoms with Gasteiger partial charge in [-0.1, -0.05) is 20.8 Å². The van der Waals surface area contributed by atoms with E-state index >= 15 is 0 Å². The Labute approximate surface area is 94.2 Å². The molecule has 15 heavy (non-hydrogen) atoms. The lowest BCUT2D eigenvalue weighted by Gasteiger charge is -2.27. The molecule has 0 bridgehead atoms. The summed E-state index contributed by atoms with van der Waals surface area (Å²) < 4.78 is 5.48. The van der Waals surface area contributed by atoms with Crippen LogP contribution >= 0.6 is 0 Å². The Kier molecular flexibility index (Phi) is 8.02. The van der Waals surface area contributed by atoms with Crippen LogP contribution in [0.15, 0.2) is 0 Å². The highest BCUT2D eigenvalue weighted by Gasteiger charge is 2.18. The Morgan fingerprint density at radius 3 is 2.47 bits per heavy atom. The SMILES string of the molecule is CCC(C)(CO)NCCOCCC(C)C. The van der Waals surface area contributed by atoms with Crippen LogP contribution in [0.5, 0.6) is 0 Å². The lowest BCUT2D eigenvalue weighted by molar-refractivity contribution is 0.108. The van der Waals surface area contributed by atoms with E-state index in [9.17, 15) is 0 Å². The molecule has 0 aromatic rings. The first-order valence-corrected chi connectivity index (χ1v) is 5.97. The van der Waals surface area contributed by atoms with Gasteiger partial charge in [-0.05, 0) is 25.7 Å². The second-order valence-electron chi connectivity index (χ2n) is 4.79. The standard InChI is InChI=1S/C12H27NO2/c1-5-12(4,10-14)13-7-9-15-8-6-11(2)3/h11,13-14H,5-10H2,1-4H3. The summed E-state index contributed by atoms with van der Waals surface area (Å²) in [6.07, 6.45) is 2.04. The van der Waals surface area contributed by atoms with Crippen LogP contribution in [0.25, 0.3) is 0 Å². The number of nitrogens with one attached hydrogen (secondary N) is 1. The average Bonchev–Trinajstić information content (AvgIpc) is 2.22. The van der Waals surface area contributed by atoms with Crippen molar-refractivity contribution in [1.82, 2.24) is 5.32 Å². The van der Waals surface area contributed by atoms with E-state index < -0.39 is 0 Å². The van der Waals surface area contributed by atoms with E-state index in [1.54, 1.807) is 0 Å². The lowest BCUT2D eigenvalue weighted by atomic mass is 10.0. The molecule has 0 amide bonds. The largest absolute Gasteiger partial charge is 0.394 e. The van der Waals surface area contributed by atoms with E-state index in [1.807, 2.05) is 6.92 Å². The predicted octanol–water partition coefficient (Wildman–Crippen LogP) is 1.80. The fourth-order valence-corrected chi connectivity index (χ4v) is 1.14. The molecule has 0 saturated carbocycles. The summed E-state index contributed by atoms with van der Waals surface area (Å²) in [7, 11) is 0. The fourth-order valence-electron chi connectivity index (χ4n) is 1.14. The molecule has 0 radical (unpaired) electrons. The van der Waals surface area contributed by atoms with Gasteiger partial charge in [-0.15, -0.1) is 0 Å². The van der Waals surface area contributed by atoms with Crippen molar-refractivity contribution in [2.24, 2.45) is 5.92 Å². The molecule has 0 aromatic carbocycles. The summed E-state index contributed by atoms with van der Waals surface area (Å²) in [5.41, 5.74) is -0.151. The number of aliphatic hydroxyl groups is 1. The minimum absolute atomic E-state index is 0.151. The second-order valence-corrected chi connectivity index (χ2v) is 4.79. The molecule has 1 atom stereocenters. The first kappa shape index (κ1) is 14.9. The van der Waals surface area contributed by atoms with Crippen molar-refractivity contribution >= 4 is 0 Å². The molecule has 92 valence electrons. The highest BCUT2D eigenvalue weighted by atomic mass is 16.5. The second kappa shape index (κ2) is 8.08. The van der Waals surface area contributed by atoms with Gasteiger partial charge < -0.3 is 15.2 Å². The third-order valence-corrected chi connectivity index (χ3v) is 2.77. The van der Waals surface area contributed by atoms with Gasteiger partial charge in [0.2, 0.25) is 0 Å². The fraction of sp³-hybridized carbons (Fsp3) is 1.00. The predicted molar refractivity (Wildman–Crippen MR) is 64.1 cm³/mol. The van der Waals surface area contributed by atoms with Gasteiger partial charge in [0, 0.05) is 18.7 Å². The lowest BCUT2D eigenvalue weighted by Crippen LogP contribution is -2.46. The molecule has 0 fully saturated rings. The molecule has 0 rings (SSSR count). The molecule has 3 heteroatoms. The highest BCUT2D eigenvalue weighted by Crippen LogP contribution is 2.06. The topological polar surface area (TPSA) is 41.5 Å². The van der Waals surface area contributed by atoms with Crippen molar-refractivity contribution in [2.75, 3.05) is 26.4 Å². The van der Waals surface area contributed by atoms with E-state index in [-0.39, 0.29) is 12.1 Å². The van der Waals surface area contributed by atoms with Gasteiger partial charge in [0.05, 0.1) is 13.2 Å². The van der Waals surface area contributed by atoms with Gasteiger partial charge in [-0.25, -0.2) is 0 Å². The van der Waals surface area contributed by atoms with Gasteiger partial charge in [-0.3, -0.25) is 0 Å². The van der Waals surface area contributed by atoms with Crippen molar-refractivity contribution in [3.63, 3.8) is 0 Å². The van der Waals surface area contributed by atoms with Crippen molar-refractivity contribution in [3.8, 4) is 0 Å². The monoisotopic (exact) mass is 217 g/mol. The van der Waals surface area contributed by atoms with Gasteiger partial charge in [-0.2, -0.15) is 0 Å². The molecule has 0 spiro atoms. The van der Waals surface area contributed by atoms with E-state index in [1.165, 1.54) is 0 Å². The zero-order valence-electron chi connectivity index (χ0n) is 10.7. The van der Waals surface area contributed by atoms with Crippen molar-refractivity contribution < 1.29 is 9.84 Å². The van der Waals surface area contributed by atoms with Crippen LogP contribution in [0.3, 0.4) is 0 Å². The Morgan fingerprint density at radius 2 is 2.00 bits per heavy atom. The zero-order chi connectivity index (χ0) is 11.7. The summed E-state index contributed by atoms with van der Waals surface area (Å²) in [5, 5.41) is 12.5. The van der Waals surface area contributed by atoms with E-state index in [0.717, 1.165) is 32.6 Å². The van der Waals surface area contributed by atoms with Gasteiger partial charge in [0.15, 0.2) is 0 Å². The van der Waals surface area contributed by atoms with Crippen LogP contribution in [-0.4, -0.2) is 37.0 Å². The normalized spacial score (nSPS) is 15.6. The van der Waals surface area contributed by atoms with Crippen LogP contribution in [0.1, 0.15) is 40.5 Å². The van der Waals surface area contributed by atoms with Gasteiger partial charge in [0.1, 0.15) is 0 Å². The van der Waals surface area contributed by atoms with Gasteiger partial charge >= 0.3 is 0 Å². The van der Waals surface area contributed by atoms with Crippen molar-refractivity contribution in [3.05, 3.63) is 0 Å². The van der Waals surface area contributed by atoms with E-state index in [2.05, 4.69) is 26.1 Å². The van der Waals surface area contributed by atoms with E-state index in [0.29, 0.717) is 5.92 Å². The number of hydrogen-bond acceptors (Lipinski definition) is 3. The number of aliphatic hydroxyl groups excluding tert-OH is 1. The molecule has 0 aliphatic heterocycles. The average molecular weight is 217 g/mol. The third kappa shape index (κ3) is 7.77. The molecule has 0 aliphatic rings. The number of rotatable bonds is 9.